The van der Waals surface area contributed by atoms with Crippen molar-refractivity contribution in [2.24, 2.45) is 11.8 Å². The maximum Gasteiger partial charge on any atom is 0.339 e. The zero-order valence-corrected chi connectivity index (χ0v) is 12.2. The normalized spacial score (nSPS) is 26.6. The topological polar surface area (TPSA) is 78.4 Å². The first kappa shape index (κ1) is 14.2. The molecular weight excluding hydrogens is 292 g/mol. The zero-order valence-electron chi connectivity index (χ0n) is 11.4. The second-order valence-corrected chi connectivity index (χ2v) is 6.25. The molecule has 0 aliphatic heterocycles. The van der Waals surface area contributed by atoms with Crippen molar-refractivity contribution in [2.45, 2.75) is 31.7 Å². The van der Waals surface area contributed by atoms with Gasteiger partial charge in [0.2, 0.25) is 0 Å². The summed E-state index contributed by atoms with van der Waals surface area (Å²) in [6.07, 6.45) is 4.66. The molecule has 2 saturated carbocycles. The lowest BCUT2D eigenvalue weighted by atomic mass is 9.95. The number of amides is 2. The molecule has 1 aromatic carbocycles. The summed E-state index contributed by atoms with van der Waals surface area (Å²) >= 11 is 5.88. The number of carboxylic acid groups (broad SMARTS) is 1. The van der Waals surface area contributed by atoms with Gasteiger partial charge in [-0.15, -0.1) is 0 Å². The van der Waals surface area contributed by atoms with Crippen molar-refractivity contribution >= 4 is 29.3 Å². The molecular formula is C15H17ClN2O3. The van der Waals surface area contributed by atoms with E-state index in [1.54, 1.807) is 6.07 Å². The lowest BCUT2D eigenvalue weighted by Gasteiger charge is -2.23. The molecule has 2 amide bonds. The van der Waals surface area contributed by atoms with Crippen LogP contribution in [0.3, 0.4) is 0 Å². The van der Waals surface area contributed by atoms with Crippen LogP contribution in [0.4, 0.5) is 10.5 Å². The Hall–Kier alpha value is -1.75. The standard InChI is InChI=1S/C15H17ClN2O3/c16-10-2-1-3-11(13(10)14(19)20)17-15(21)18-12-7-8-4-5-9(12)6-8/h1-3,8-9,12H,4-7H2,(H,19,20)(H2,17,18,21). The predicted octanol–water partition coefficient (Wildman–Crippen LogP) is 3.35. The van der Waals surface area contributed by atoms with Crippen molar-refractivity contribution in [2.75, 3.05) is 5.32 Å². The first-order valence-corrected chi connectivity index (χ1v) is 7.51. The average molecular weight is 309 g/mol. The summed E-state index contributed by atoms with van der Waals surface area (Å²) in [6.45, 7) is 0. The number of carboxylic acids is 1. The molecule has 2 aliphatic carbocycles. The number of nitrogens with one attached hydrogen (secondary N) is 2. The minimum atomic E-state index is -1.16. The van der Waals surface area contributed by atoms with E-state index in [9.17, 15) is 14.7 Å². The number of urea groups is 1. The number of rotatable bonds is 3. The molecule has 3 unspecified atom stereocenters. The summed E-state index contributed by atoms with van der Waals surface area (Å²) in [6, 6.07) is 4.48. The summed E-state index contributed by atoms with van der Waals surface area (Å²) < 4.78 is 0. The number of fused-ring (bicyclic) bond motifs is 2. The molecule has 0 spiro atoms. The van der Waals surface area contributed by atoms with E-state index in [-0.39, 0.29) is 28.3 Å². The summed E-state index contributed by atoms with van der Waals surface area (Å²) in [4.78, 5) is 23.3. The van der Waals surface area contributed by atoms with Crippen LogP contribution in [0, 0.1) is 11.8 Å². The maximum atomic E-state index is 12.1. The fourth-order valence-electron chi connectivity index (χ4n) is 3.59. The van der Waals surface area contributed by atoms with Crippen LogP contribution < -0.4 is 10.6 Å². The number of carbonyl (C=O) groups excluding carboxylic acids is 1. The van der Waals surface area contributed by atoms with Crippen molar-refractivity contribution in [1.29, 1.82) is 0 Å². The molecule has 112 valence electrons. The molecule has 0 heterocycles. The van der Waals surface area contributed by atoms with Crippen molar-refractivity contribution < 1.29 is 14.7 Å². The first-order chi connectivity index (χ1) is 10.0. The van der Waals surface area contributed by atoms with Crippen LogP contribution in [-0.4, -0.2) is 23.1 Å². The molecule has 0 radical (unpaired) electrons. The third-order valence-electron chi connectivity index (χ3n) is 4.53. The molecule has 2 aliphatic rings. The lowest BCUT2D eigenvalue weighted by molar-refractivity contribution is 0.0698. The molecule has 21 heavy (non-hydrogen) atoms. The minimum absolute atomic E-state index is 0.0812. The fraction of sp³-hybridized carbons (Fsp3) is 0.467. The molecule has 2 bridgehead atoms. The number of hydrogen-bond donors (Lipinski definition) is 3. The number of carbonyl (C=O) groups is 2. The molecule has 0 aromatic heterocycles. The summed E-state index contributed by atoms with van der Waals surface area (Å²) in [5, 5.41) is 14.8. The summed E-state index contributed by atoms with van der Waals surface area (Å²) in [5.74, 6) is 0.149. The van der Waals surface area contributed by atoms with Crippen molar-refractivity contribution in [1.82, 2.24) is 5.32 Å². The Balaban J connectivity index is 1.68. The highest BCUT2D eigenvalue weighted by atomic mass is 35.5. The van der Waals surface area contributed by atoms with Gasteiger partial charge in [-0.1, -0.05) is 24.1 Å². The monoisotopic (exact) mass is 308 g/mol. The van der Waals surface area contributed by atoms with Gasteiger partial charge in [-0.05, 0) is 43.2 Å². The summed E-state index contributed by atoms with van der Waals surface area (Å²) in [5.41, 5.74) is 0.137. The number of halogens is 1. The highest BCUT2D eigenvalue weighted by molar-refractivity contribution is 6.34. The van der Waals surface area contributed by atoms with Crippen LogP contribution in [0.5, 0.6) is 0 Å². The maximum absolute atomic E-state index is 12.1. The van der Waals surface area contributed by atoms with E-state index >= 15 is 0 Å². The van der Waals surface area contributed by atoms with Crippen LogP contribution in [0.15, 0.2) is 18.2 Å². The highest BCUT2D eigenvalue weighted by Gasteiger charge is 2.40. The van der Waals surface area contributed by atoms with Crippen LogP contribution in [0.2, 0.25) is 5.02 Å². The molecule has 2 fully saturated rings. The molecule has 3 rings (SSSR count). The molecule has 3 atom stereocenters. The minimum Gasteiger partial charge on any atom is -0.478 e. The zero-order chi connectivity index (χ0) is 15.0. The molecule has 3 N–H and O–H groups in total. The van der Waals surface area contributed by atoms with Gasteiger partial charge in [0.05, 0.1) is 10.7 Å². The van der Waals surface area contributed by atoms with E-state index in [1.165, 1.54) is 31.4 Å². The number of aromatic carboxylic acids is 1. The van der Waals surface area contributed by atoms with Gasteiger partial charge in [0, 0.05) is 6.04 Å². The Bertz CT molecular complexity index is 590. The van der Waals surface area contributed by atoms with Crippen molar-refractivity contribution in [3.05, 3.63) is 28.8 Å². The second kappa shape index (κ2) is 5.56. The Morgan fingerprint density at radius 1 is 1.24 bits per heavy atom. The molecule has 5 nitrogen and oxygen atoms in total. The Kier molecular flexibility index (Phi) is 3.76. The quantitative estimate of drug-likeness (QED) is 0.801. The Labute approximate surface area is 127 Å². The van der Waals surface area contributed by atoms with Gasteiger partial charge in [-0.3, -0.25) is 0 Å². The third kappa shape index (κ3) is 2.83. The highest BCUT2D eigenvalue weighted by Crippen LogP contribution is 2.44. The number of benzene rings is 1. The van der Waals surface area contributed by atoms with Crippen molar-refractivity contribution in [3.63, 3.8) is 0 Å². The number of anilines is 1. The fourth-order valence-corrected chi connectivity index (χ4v) is 3.85. The number of hydrogen-bond acceptors (Lipinski definition) is 2. The second-order valence-electron chi connectivity index (χ2n) is 5.85. The van der Waals surface area contributed by atoms with Gasteiger partial charge in [0.25, 0.3) is 0 Å². The van der Waals surface area contributed by atoms with Crippen LogP contribution in [0.25, 0.3) is 0 Å². The van der Waals surface area contributed by atoms with E-state index < -0.39 is 5.97 Å². The summed E-state index contributed by atoms with van der Waals surface area (Å²) in [7, 11) is 0. The largest absolute Gasteiger partial charge is 0.478 e. The predicted molar refractivity (Wildman–Crippen MR) is 79.8 cm³/mol. The Morgan fingerprint density at radius 3 is 2.67 bits per heavy atom. The van der Waals surface area contributed by atoms with Gasteiger partial charge in [-0.2, -0.15) is 0 Å². The SMILES string of the molecule is O=C(Nc1cccc(Cl)c1C(=O)O)NC1CC2CCC1C2. The van der Waals surface area contributed by atoms with E-state index in [4.69, 9.17) is 11.6 Å². The van der Waals surface area contributed by atoms with Gasteiger partial charge < -0.3 is 15.7 Å². The first-order valence-electron chi connectivity index (χ1n) is 7.14. The van der Waals surface area contributed by atoms with Crippen molar-refractivity contribution in [3.8, 4) is 0 Å². The average Bonchev–Trinajstić information content (AvgIpc) is 3.00. The lowest BCUT2D eigenvalue weighted by Crippen LogP contribution is -2.41. The van der Waals surface area contributed by atoms with Crippen LogP contribution in [0.1, 0.15) is 36.0 Å². The van der Waals surface area contributed by atoms with Gasteiger partial charge in [0.1, 0.15) is 5.56 Å². The van der Waals surface area contributed by atoms with Crippen LogP contribution >= 0.6 is 11.6 Å². The van der Waals surface area contributed by atoms with Crippen LogP contribution in [-0.2, 0) is 0 Å². The van der Waals surface area contributed by atoms with Gasteiger partial charge in [-0.25, -0.2) is 9.59 Å². The van der Waals surface area contributed by atoms with E-state index in [0.29, 0.717) is 5.92 Å². The molecule has 0 saturated heterocycles. The third-order valence-corrected chi connectivity index (χ3v) is 4.85. The van der Waals surface area contributed by atoms with Gasteiger partial charge in [0.15, 0.2) is 0 Å². The van der Waals surface area contributed by atoms with E-state index in [1.807, 2.05) is 0 Å². The molecule has 6 heteroatoms. The van der Waals surface area contributed by atoms with E-state index in [0.717, 1.165) is 12.3 Å². The van der Waals surface area contributed by atoms with Gasteiger partial charge >= 0.3 is 12.0 Å². The molecule has 1 aromatic rings. The van der Waals surface area contributed by atoms with E-state index in [2.05, 4.69) is 10.6 Å². The smallest absolute Gasteiger partial charge is 0.339 e. The Morgan fingerprint density at radius 2 is 2.05 bits per heavy atom.